The predicted molar refractivity (Wildman–Crippen MR) is 92.5 cm³/mol. The third-order valence-corrected chi connectivity index (χ3v) is 3.22. The molecule has 0 aliphatic carbocycles. The van der Waals surface area contributed by atoms with Gasteiger partial charge in [0, 0.05) is 18.0 Å². The molecular formula is C19H24N2O3. The molecule has 2 aromatic rings. The van der Waals surface area contributed by atoms with Crippen LogP contribution in [0.25, 0.3) is 0 Å². The van der Waals surface area contributed by atoms with Crippen LogP contribution in [0, 0.1) is 0 Å². The molecule has 0 aliphatic rings. The molecule has 5 nitrogen and oxygen atoms in total. The van der Waals surface area contributed by atoms with E-state index in [1.807, 2.05) is 57.2 Å². The second kappa shape index (κ2) is 7.93. The Morgan fingerprint density at radius 2 is 1.88 bits per heavy atom. The number of carbonyl (C=O) groups is 1. The van der Waals surface area contributed by atoms with Crippen LogP contribution >= 0.6 is 0 Å². The Morgan fingerprint density at radius 3 is 2.46 bits per heavy atom. The largest absolute Gasteiger partial charge is 0.489 e. The van der Waals surface area contributed by atoms with Gasteiger partial charge in [-0.2, -0.15) is 0 Å². The average Bonchev–Trinajstić information content (AvgIpc) is 2.53. The summed E-state index contributed by atoms with van der Waals surface area (Å²) >= 11 is 0. The zero-order chi connectivity index (χ0) is 17.6. The maximum Gasteiger partial charge on any atom is 0.323 e. The smallest absolute Gasteiger partial charge is 0.323 e. The molecule has 0 saturated heterocycles. The lowest BCUT2D eigenvalue weighted by Crippen LogP contribution is -2.38. The van der Waals surface area contributed by atoms with Crippen LogP contribution in [0.3, 0.4) is 0 Å². The summed E-state index contributed by atoms with van der Waals surface area (Å²) in [6, 6.07) is 10.7. The Balaban J connectivity index is 1.86. The van der Waals surface area contributed by atoms with Crippen LogP contribution in [0.15, 0.2) is 48.8 Å². The third-order valence-electron chi connectivity index (χ3n) is 3.22. The van der Waals surface area contributed by atoms with Crippen molar-refractivity contribution >= 4 is 5.97 Å². The molecule has 128 valence electrons. The fraction of sp³-hybridized carbons (Fsp3) is 0.368. The van der Waals surface area contributed by atoms with E-state index < -0.39 is 11.6 Å². The first-order chi connectivity index (χ1) is 11.3. The van der Waals surface area contributed by atoms with Crippen LogP contribution in [0.1, 0.15) is 31.9 Å². The molecule has 0 saturated carbocycles. The van der Waals surface area contributed by atoms with E-state index in [1.165, 1.54) is 0 Å². The topological polar surface area (TPSA) is 74.4 Å². The number of nitrogens with zero attached hydrogens (tertiary/aromatic N) is 1. The minimum atomic E-state index is -0.675. The zero-order valence-corrected chi connectivity index (χ0v) is 14.4. The summed E-state index contributed by atoms with van der Waals surface area (Å²) in [5.41, 5.74) is 7.36. The molecule has 24 heavy (non-hydrogen) atoms. The normalized spacial score (nSPS) is 12.5. The number of ether oxygens (including phenoxy) is 2. The molecule has 1 unspecified atom stereocenters. The average molecular weight is 328 g/mol. The fourth-order valence-corrected chi connectivity index (χ4v) is 2.09. The molecule has 1 heterocycles. The van der Waals surface area contributed by atoms with Crippen molar-refractivity contribution in [1.82, 2.24) is 4.98 Å². The summed E-state index contributed by atoms with van der Waals surface area (Å²) in [5.74, 6) is 0.368. The van der Waals surface area contributed by atoms with Crippen molar-refractivity contribution in [3.8, 4) is 5.75 Å². The molecule has 0 amide bonds. The second-order valence-corrected chi connectivity index (χ2v) is 6.64. The highest BCUT2D eigenvalue weighted by atomic mass is 16.6. The van der Waals surface area contributed by atoms with Crippen molar-refractivity contribution in [2.45, 2.75) is 45.4 Å². The van der Waals surface area contributed by atoms with Gasteiger partial charge in [-0.3, -0.25) is 9.78 Å². The number of esters is 1. The quantitative estimate of drug-likeness (QED) is 0.825. The molecule has 1 aromatic heterocycles. The number of nitrogens with two attached hydrogens (primary N) is 1. The van der Waals surface area contributed by atoms with Gasteiger partial charge in [0.15, 0.2) is 0 Å². The summed E-state index contributed by atoms with van der Waals surface area (Å²) in [6.45, 7) is 5.94. The Labute approximate surface area is 142 Å². The molecule has 0 bridgehead atoms. The van der Waals surface area contributed by atoms with Crippen molar-refractivity contribution in [2.24, 2.45) is 5.73 Å². The van der Waals surface area contributed by atoms with Gasteiger partial charge in [0.2, 0.25) is 0 Å². The Bertz CT molecular complexity index is 649. The van der Waals surface area contributed by atoms with Crippen LogP contribution in [0.2, 0.25) is 0 Å². The van der Waals surface area contributed by atoms with Gasteiger partial charge in [-0.15, -0.1) is 0 Å². The van der Waals surface area contributed by atoms with E-state index in [-0.39, 0.29) is 5.97 Å². The Hall–Kier alpha value is -2.40. The number of hydrogen-bond acceptors (Lipinski definition) is 5. The summed E-state index contributed by atoms with van der Waals surface area (Å²) < 4.78 is 11.0. The summed E-state index contributed by atoms with van der Waals surface area (Å²) in [5, 5.41) is 0. The van der Waals surface area contributed by atoms with Crippen molar-refractivity contribution in [2.75, 3.05) is 0 Å². The van der Waals surface area contributed by atoms with Gasteiger partial charge in [-0.25, -0.2) is 0 Å². The van der Waals surface area contributed by atoms with E-state index in [0.717, 1.165) is 16.9 Å². The lowest BCUT2D eigenvalue weighted by Gasteiger charge is -2.22. The maximum atomic E-state index is 11.9. The van der Waals surface area contributed by atoms with Gasteiger partial charge in [0.25, 0.3) is 0 Å². The monoisotopic (exact) mass is 328 g/mol. The molecule has 0 radical (unpaired) electrons. The lowest BCUT2D eigenvalue weighted by atomic mass is 10.1. The van der Waals surface area contributed by atoms with E-state index >= 15 is 0 Å². The van der Waals surface area contributed by atoms with Crippen LogP contribution < -0.4 is 10.5 Å². The number of pyridine rings is 1. The molecule has 0 spiro atoms. The number of benzene rings is 1. The van der Waals surface area contributed by atoms with E-state index in [9.17, 15) is 4.79 Å². The fourth-order valence-electron chi connectivity index (χ4n) is 2.09. The van der Waals surface area contributed by atoms with E-state index in [0.29, 0.717) is 13.0 Å². The molecule has 0 aliphatic heterocycles. The molecule has 2 N–H and O–H groups in total. The van der Waals surface area contributed by atoms with E-state index in [2.05, 4.69) is 4.98 Å². The standard InChI is InChI=1S/C19H24N2O3/c1-19(2,3)24-18(22)17(20)11-14-6-8-16(9-7-14)23-13-15-5-4-10-21-12-15/h4-10,12,17H,11,13,20H2,1-3H3. The summed E-state index contributed by atoms with van der Waals surface area (Å²) in [6.07, 6.45) is 3.93. The molecule has 0 fully saturated rings. The predicted octanol–water partition coefficient (Wildman–Crippen LogP) is 2.87. The van der Waals surface area contributed by atoms with E-state index in [1.54, 1.807) is 12.4 Å². The van der Waals surface area contributed by atoms with Gasteiger partial charge in [-0.1, -0.05) is 18.2 Å². The first kappa shape index (κ1) is 17.9. The van der Waals surface area contributed by atoms with Gasteiger partial charge in [0.05, 0.1) is 0 Å². The number of carbonyl (C=O) groups excluding carboxylic acids is 1. The Morgan fingerprint density at radius 1 is 1.17 bits per heavy atom. The van der Waals surface area contributed by atoms with Gasteiger partial charge >= 0.3 is 5.97 Å². The minimum absolute atomic E-state index is 0.389. The van der Waals surface area contributed by atoms with Crippen LogP contribution in [-0.2, 0) is 22.6 Å². The van der Waals surface area contributed by atoms with Gasteiger partial charge < -0.3 is 15.2 Å². The molecular weight excluding hydrogens is 304 g/mol. The van der Waals surface area contributed by atoms with Crippen molar-refractivity contribution in [3.63, 3.8) is 0 Å². The lowest BCUT2D eigenvalue weighted by molar-refractivity contribution is -0.156. The van der Waals surface area contributed by atoms with Crippen molar-refractivity contribution < 1.29 is 14.3 Å². The van der Waals surface area contributed by atoms with Crippen molar-refractivity contribution in [3.05, 3.63) is 59.9 Å². The van der Waals surface area contributed by atoms with Crippen LogP contribution in [0.5, 0.6) is 5.75 Å². The first-order valence-electron chi connectivity index (χ1n) is 7.92. The minimum Gasteiger partial charge on any atom is -0.489 e. The van der Waals surface area contributed by atoms with Gasteiger partial charge in [0.1, 0.15) is 24.0 Å². The third kappa shape index (κ3) is 6.01. The molecule has 5 heteroatoms. The molecule has 2 rings (SSSR count). The van der Waals surface area contributed by atoms with E-state index in [4.69, 9.17) is 15.2 Å². The summed E-state index contributed by atoms with van der Waals surface area (Å²) in [4.78, 5) is 16.0. The summed E-state index contributed by atoms with van der Waals surface area (Å²) in [7, 11) is 0. The molecule has 1 aromatic carbocycles. The van der Waals surface area contributed by atoms with Gasteiger partial charge in [-0.05, 0) is 51.0 Å². The maximum absolute atomic E-state index is 11.9. The highest BCUT2D eigenvalue weighted by molar-refractivity contribution is 5.76. The van der Waals surface area contributed by atoms with Crippen LogP contribution in [0.4, 0.5) is 0 Å². The number of aromatic nitrogens is 1. The SMILES string of the molecule is CC(C)(C)OC(=O)C(N)Cc1ccc(OCc2cccnc2)cc1. The van der Waals surface area contributed by atoms with Crippen molar-refractivity contribution in [1.29, 1.82) is 0 Å². The highest BCUT2D eigenvalue weighted by Gasteiger charge is 2.22. The second-order valence-electron chi connectivity index (χ2n) is 6.64. The highest BCUT2D eigenvalue weighted by Crippen LogP contribution is 2.16. The molecule has 1 atom stereocenters. The number of rotatable bonds is 6. The Kier molecular flexibility index (Phi) is 5.93. The first-order valence-corrected chi connectivity index (χ1v) is 7.92. The zero-order valence-electron chi connectivity index (χ0n) is 14.4. The van der Waals surface area contributed by atoms with Crippen LogP contribution in [-0.4, -0.2) is 22.6 Å². The number of hydrogen-bond donors (Lipinski definition) is 1.